The summed E-state index contributed by atoms with van der Waals surface area (Å²) in [5.74, 6) is 0.522. The Morgan fingerprint density at radius 3 is 2.91 bits per heavy atom. The van der Waals surface area contributed by atoms with E-state index in [2.05, 4.69) is 25.8 Å². The SMILES string of the molecule is Cc1csc(NC(=O)CCSc2nnnn2-c2ccccc2)n1. The number of amides is 1. The van der Waals surface area contributed by atoms with Gasteiger partial charge in [-0.15, -0.1) is 16.4 Å². The smallest absolute Gasteiger partial charge is 0.226 e. The Balaban J connectivity index is 1.53. The highest BCUT2D eigenvalue weighted by molar-refractivity contribution is 7.99. The Morgan fingerprint density at radius 2 is 2.17 bits per heavy atom. The van der Waals surface area contributed by atoms with Crippen molar-refractivity contribution < 1.29 is 4.79 Å². The van der Waals surface area contributed by atoms with Gasteiger partial charge in [0.05, 0.1) is 11.4 Å². The average molecular weight is 346 g/mol. The summed E-state index contributed by atoms with van der Waals surface area (Å²) in [6.07, 6.45) is 0.366. The lowest BCUT2D eigenvalue weighted by Gasteiger charge is -2.04. The molecule has 0 saturated carbocycles. The molecule has 7 nitrogen and oxygen atoms in total. The van der Waals surface area contributed by atoms with E-state index in [-0.39, 0.29) is 5.91 Å². The molecule has 0 aliphatic carbocycles. The highest BCUT2D eigenvalue weighted by Crippen LogP contribution is 2.19. The largest absolute Gasteiger partial charge is 0.302 e. The van der Waals surface area contributed by atoms with Gasteiger partial charge in [0.1, 0.15) is 0 Å². The Bertz CT molecular complexity index is 785. The van der Waals surface area contributed by atoms with Gasteiger partial charge in [-0.3, -0.25) is 4.79 Å². The lowest BCUT2D eigenvalue weighted by atomic mass is 10.3. The summed E-state index contributed by atoms with van der Waals surface area (Å²) in [5.41, 5.74) is 1.80. The van der Waals surface area contributed by atoms with Gasteiger partial charge < -0.3 is 5.32 Å². The van der Waals surface area contributed by atoms with Gasteiger partial charge in [-0.05, 0) is 29.5 Å². The van der Waals surface area contributed by atoms with E-state index in [9.17, 15) is 4.79 Å². The molecule has 2 aromatic heterocycles. The number of carbonyl (C=O) groups excluding carboxylic acids is 1. The number of aryl methyl sites for hydroxylation is 1. The van der Waals surface area contributed by atoms with Gasteiger partial charge in [0.2, 0.25) is 11.1 Å². The lowest BCUT2D eigenvalue weighted by molar-refractivity contribution is -0.115. The van der Waals surface area contributed by atoms with Gasteiger partial charge in [0, 0.05) is 17.6 Å². The Morgan fingerprint density at radius 1 is 1.35 bits per heavy atom. The van der Waals surface area contributed by atoms with Crippen molar-refractivity contribution in [2.75, 3.05) is 11.1 Å². The quantitative estimate of drug-likeness (QED) is 0.690. The van der Waals surface area contributed by atoms with Crippen LogP contribution in [0.25, 0.3) is 5.69 Å². The summed E-state index contributed by atoms with van der Waals surface area (Å²) in [6.45, 7) is 1.89. The fourth-order valence-corrected chi connectivity index (χ4v) is 3.36. The maximum absolute atomic E-state index is 11.9. The molecular weight excluding hydrogens is 332 g/mol. The fourth-order valence-electron chi connectivity index (χ4n) is 1.83. The van der Waals surface area contributed by atoms with Crippen molar-refractivity contribution in [3.8, 4) is 5.69 Å². The van der Waals surface area contributed by atoms with Crippen LogP contribution in [-0.4, -0.2) is 36.9 Å². The van der Waals surface area contributed by atoms with Crippen LogP contribution < -0.4 is 5.32 Å². The second-order valence-electron chi connectivity index (χ2n) is 4.65. The zero-order valence-electron chi connectivity index (χ0n) is 12.3. The third kappa shape index (κ3) is 4.14. The van der Waals surface area contributed by atoms with Gasteiger partial charge in [0.25, 0.3) is 0 Å². The molecule has 0 spiro atoms. The van der Waals surface area contributed by atoms with Crippen LogP contribution in [0.4, 0.5) is 5.13 Å². The van der Waals surface area contributed by atoms with E-state index >= 15 is 0 Å². The van der Waals surface area contributed by atoms with E-state index in [1.807, 2.05) is 42.6 Å². The second kappa shape index (κ2) is 7.34. The number of nitrogens with one attached hydrogen (secondary N) is 1. The average Bonchev–Trinajstić information content (AvgIpc) is 3.17. The molecule has 0 aliphatic heterocycles. The van der Waals surface area contributed by atoms with E-state index in [1.165, 1.54) is 23.1 Å². The van der Waals surface area contributed by atoms with E-state index in [4.69, 9.17) is 0 Å². The molecule has 3 rings (SSSR count). The molecule has 0 saturated heterocycles. The molecule has 0 bridgehead atoms. The minimum atomic E-state index is -0.0643. The number of para-hydroxylation sites is 1. The number of nitrogens with zero attached hydrogens (tertiary/aromatic N) is 5. The topological polar surface area (TPSA) is 85.6 Å². The van der Waals surface area contributed by atoms with Crippen LogP contribution in [0, 0.1) is 6.92 Å². The molecule has 1 aromatic carbocycles. The molecule has 0 fully saturated rings. The molecule has 9 heteroatoms. The van der Waals surface area contributed by atoms with Gasteiger partial charge in [-0.25, -0.2) is 4.98 Å². The van der Waals surface area contributed by atoms with Crippen molar-refractivity contribution in [2.45, 2.75) is 18.5 Å². The monoisotopic (exact) mass is 346 g/mol. The Kier molecular flexibility index (Phi) is 4.99. The van der Waals surface area contributed by atoms with Gasteiger partial charge in [0.15, 0.2) is 5.13 Å². The van der Waals surface area contributed by atoms with Crippen LogP contribution >= 0.6 is 23.1 Å². The number of tetrazole rings is 1. The summed E-state index contributed by atoms with van der Waals surface area (Å²) in [6, 6.07) is 9.64. The summed E-state index contributed by atoms with van der Waals surface area (Å²) in [7, 11) is 0. The standard InChI is InChI=1S/C14H14N6OS2/c1-10-9-23-13(15-10)16-12(21)7-8-22-14-17-18-19-20(14)11-5-3-2-4-6-11/h2-6,9H,7-8H2,1H3,(H,15,16,21). The number of rotatable bonds is 6. The molecule has 23 heavy (non-hydrogen) atoms. The van der Waals surface area contributed by atoms with Crippen LogP contribution in [0.2, 0.25) is 0 Å². The van der Waals surface area contributed by atoms with Gasteiger partial charge in [-0.1, -0.05) is 30.0 Å². The van der Waals surface area contributed by atoms with Crippen LogP contribution in [-0.2, 0) is 4.79 Å². The summed E-state index contributed by atoms with van der Waals surface area (Å²) >= 11 is 2.86. The summed E-state index contributed by atoms with van der Waals surface area (Å²) < 4.78 is 1.66. The molecule has 3 aromatic rings. The predicted molar refractivity (Wildman–Crippen MR) is 90.0 cm³/mol. The number of carbonyl (C=O) groups is 1. The number of benzene rings is 1. The maximum Gasteiger partial charge on any atom is 0.226 e. The first-order valence-electron chi connectivity index (χ1n) is 6.91. The molecule has 0 atom stereocenters. The first kappa shape index (κ1) is 15.6. The molecule has 0 aliphatic rings. The van der Waals surface area contributed by atoms with E-state index in [1.54, 1.807) is 4.68 Å². The number of thioether (sulfide) groups is 1. The minimum Gasteiger partial charge on any atom is -0.302 e. The van der Waals surface area contributed by atoms with E-state index in [0.29, 0.717) is 22.5 Å². The second-order valence-corrected chi connectivity index (χ2v) is 6.57. The van der Waals surface area contributed by atoms with Gasteiger partial charge >= 0.3 is 0 Å². The van der Waals surface area contributed by atoms with Crippen LogP contribution in [0.1, 0.15) is 12.1 Å². The minimum absolute atomic E-state index is 0.0643. The lowest BCUT2D eigenvalue weighted by Crippen LogP contribution is -2.12. The van der Waals surface area contributed by atoms with Crippen molar-refractivity contribution in [1.82, 2.24) is 25.2 Å². The van der Waals surface area contributed by atoms with Crippen molar-refractivity contribution in [3.05, 3.63) is 41.4 Å². The highest BCUT2D eigenvalue weighted by atomic mass is 32.2. The third-order valence-electron chi connectivity index (χ3n) is 2.87. The summed E-state index contributed by atoms with van der Waals surface area (Å²) in [5, 5.41) is 17.7. The zero-order chi connectivity index (χ0) is 16.1. The molecule has 0 radical (unpaired) electrons. The molecule has 0 unspecified atom stereocenters. The molecule has 1 amide bonds. The van der Waals surface area contributed by atoms with E-state index < -0.39 is 0 Å². The van der Waals surface area contributed by atoms with Crippen LogP contribution in [0.15, 0.2) is 40.9 Å². The molecule has 1 N–H and O–H groups in total. The third-order valence-corrected chi connectivity index (χ3v) is 4.66. The number of hydrogen-bond donors (Lipinski definition) is 1. The molecule has 118 valence electrons. The highest BCUT2D eigenvalue weighted by Gasteiger charge is 2.10. The first-order valence-corrected chi connectivity index (χ1v) is 8.77. The summed E-state index contributed by atoms with van der Waals surface area (Å²) in [4.78, 5) is 16.1. The number of thiazole rings is 1. The number of hydrogen-bond acceptors (Lipinski definition) is 7. The normalized spacial score (nSPS) is 10.7. The predicted octanol–water partition coefficient (Wildman–Crippen LogP) is 2.55. The Hall–Kier alpha value is -2.26. The fraction of sp³-hybridized carbons (Fsp3) is 0.214. The Labute approximate surface area is 141 Å². The number of aromatic nitrogens is 5. The van der Waals surface area contributed by atoms with Crippen molar-refractivity contribution in [1.29, 1.82) is 0 Å². The first-order chi connectivity index (χ1) is 11.2. The van der Waals surface area contributed by atoms with Crippen molar-refractivity contribution in [3.63, 3.8) is 0 Å². The molecule has 2 heterocycles. The van der Waals surface area contributed by atoms with Gasteiger partial charge in [-0.2, -0.15) is 4.68 Å². The van der Waals surface area contributed by atoms with E-state index in [0.717, 1.165) is 11.4 Å². The van der Waals surface area contributed by atoms with Crippen LogP contribution in [0.3, 0.4) is 0 Å². The zero-order valence-corrected chi connectivity index (χ0v) is 14.0. The van der Waals surface area contributed by atoms with Crippen molar-refractivity contribution in [2.24, 2.45) is 0 Å². The number of anilines is 1. The molecular formula is C14H14N6OS2. The van der Waals surface area contributed by atoms with Crippen molar-refractivity contribution >= 4 is 34.1 Å². The maximum atomic E-state index is 11.9. The van der Waals surface area contributed by atoms with Crippen LogP contribution in [0.5, 0.6) is 0 Å².